The van der Waals surface area contributed by atoms with E-state index < -0.39 is 28.4 Å². The van der Waals surface area contributed by atoms with Gasteiger partial charge in [-0.1, -0.05) is 24.3 Å². The Kier molecular flexibility index (Phi) is 8.19. The maximum atomic E-state index is 13.7. The summed E-state index contributed by atoms with van der Waals surface area (Å²) in [4.78, 5) is 27.3. The summed E-state index contributed by atoms with van der Waals surface area (Å²) in [5.74, 6) is -0.741. The Morgan fingerprint density at radius 2 is 1.81 bits per heavy atom. The molecule has 1 aliphatic carbocycles. The van der Waals surface area contributed by atoms with Crippen molar-refractivity contribution in [3.63, 3.8) is 0 Å². The second-order valence-corrected chi connectivity index (χ2v) is 11.7. The minimum absolute atomic E-state index is 0.0464. The minimum Gasteiger partial charge on any atom is -0.495 e. The summed E-state index contributed by atoms with van der Waals surface area (Å²) in [6, 6.07) is 13.1. The van der Waals surface area contributed by atoms with E-state index in [0.717, 1.165) is 46.0 Å². The van der Waals surface area contributed by atoms with Crippen LogP contribution in [0.15, 0.2) is 53.4 Å². The lowest BCUT2D eigenvalue weighted by Gasteiger charge is -2.26. The first-order valence-corrected chi connectivity index (χ1v) is 14.4. The fourth-order valence-electron chi connectivity index (χ4n) is 4.38. The molecule has 10 heteroatoms. The number of aryl methyl sites for hydroxylation is 2. The van der Waals surface area contributed by atoms with Crippen LogP contribution in [-0.2, 0) is 32.4 Å². The predicted octanol–water partition coefficient (Wildman–Crippen LogP) is 4.95. The number of sulfonamides is 1. The molecule has 196 valence electrons. The van der Waals surface area contributed by atoms with Gasteiger partial charge in [-0.15, -0.1) is 11.3 Å². The van der Waals surface area contributed by atoms with Crippen molar-refractivity contribution >= 4 is 43.9 Å². The first kappa shape index (κ1) is 26.7. The SMILES string of the molecule is CCOC(=O)c1c(NC(=O)CN(c2cc(C)ccc2OC)S(=O)(=O)c2ccccc2)sc2c1CCCC2. The summed E-state index contributed by atoms with van der Waals surface area (Å²) in [6.45, 7) is 3.27. The Morgan fingerprint density at radius 1 is 1.08 bits per heavy atom. The molecule has 2 aromatic carbocycles. The number of methoxy groups -OCH3 is 1. The number of amides is 1. The molecular weight excluding hydrogens is 512 g/mol. The largest absolute Gasteiger partial charge is 0.495 e. The number of hydrogen-bond acceptors (Lipinski definition) is 7. The fraction of sp³-hybridized carbons (Fsp3) is 0.333. The van der Waals surface area contributed by atoms with E-state index in [9.17, 15) is 18.0 Å². The van der Waals surface area contributed by atoms with E-state index in [1.54, 1.807) is 43.3 Å². The van der Waals surface area contributed by atoms with E-state index >= 15 is 0 Å². The number of hydrogen-bond donors (Lipinski definition) is 1. The average molecular weight is 543 g/mol. The first-order chi connectivity index (χ1) is 17.8. The van der Waals surface area contributed by atoms with Crippen LogP contribution in [0.25, 0.3) is 0 Å². The van der Waals surface area contributed by atoms with Gasteiger partial charge in [0, 0.05) is 4.88 Å². The third-order valence-electron chi connectivity index (χ3n) is 6.13. The number of rotatable bonds is 9. The van der Waals surface area contributed by atoms with Gasteiger partial charge in [-0.25, -0.2) is 13.2 Å². The number of thiophene rings is 1. The van der Waals surface area contributed by atoms with Gasteiger partial charge in [0.1, 0.15) is 17.3 Å². The zero-order valence-electron chi connectivity index (χ0n) is 21.1. The van der Waals surface area contributed by atoms with Gasteiger partial charge in [0.05, 0.1) is 29.9 Å². The van der Waals surface area contributed by atoms with Crippen molar-refractivity contribution in [3.8, 4) is 5.75 Å². The van der Waals surface area contributed by atoms with E-state index in [2.05, 4.69) is 5.32 Å². The molecule has 0 saturated heterocycles. The molecule has 1 aromatic heterocycles. The molecule has 1 heterocycles. The van der Waals surface area contributed by atoms with E-state index in [1.165, 1.54) is 30.6 Å². The Bertz CT molecular complexity index is 1400. The number of carbonyl (C=O) groups is 2. The van der Waals surface area contributed by atoms with E-state index in [-0.39, 0.29) is 17.2 Å². The van der Waals surface area contributed by atoms with Crippen molar-refractivity contribution in [1.82, 2.24) is 0 Å². The van der Waals surface area contributed by atoms with Crippen LogP contribution in [-0.4, -0.2) is 40.6 Å². The lowest BCUT2D eigenvalue weighted by molar-refractivity contribution is -0.114. The molecule has 1 aliphatic rings. The number of carbonyl (C=O) groups excluding carboxylic acids is 2. The molecule has 0 saturated carbocycles. The Balaban J connectivity index is 1.72. The summed E-state index contributed by atoms with van der Waals surface area (Å²) in [7, 11) is -2.68. The summed E-state index contributed by atoms with van der Waals surface area (Å²) >= 11 is 1.36. The number of esters is 1. The normalized spacial score (nSPS) is 12.9. The Labute approximate surface area is 221 Å². The van der Waals surface area contributed by atoms with Crippen LogP contribution in [0.5, 0.6) is 5.75 Å². The number of nitrogens with one attached hydrogen (secondary N) is 1. The molecule has 1 N–H and O–H groups in total. The number of benzene rings is 2. The van der Waals surface area contributed by atoms with Crippen molar-refractivity contribution in [2.24, 2.45) is 0 Å². The molecule has 8 nitrogen and oxygen atoms in total. The summed E-state index contributed by atoms with van der Waals surface area (Å²) in [6.07, 6.45) is 3.54. The fourth-order valence-corrected chi connectivity index (χ4v) is 7.12. The monoisotopic (exact) mass is 542 g/mol. The Morgan fingerprint density at radius 3 is 2.51 bits per heavy atom. The third kappa shape index (κ3) is 5.65. The van der Waals surface area contributed by atoms with Gasteiger partial charge in [-0.2, -0.15) is 0 Å². The highest BCUT2D eigenvalue weighted by atomic mass is 32.2. The highest BCUT2D eigenvalue weighted by Gasteiger charge is 2.31. The summed E-state index contributed by atoms with van der Waals surface area (Å²) in [5.41, 5.74) is 2.34. The maximum absolute atomic E-state index is 13.7. The molecule has 4 rings (SSSR count). The van der Waals surface area contributed by atoms with Crippen molar-refractivity contribution in [1.29, 1.82) is 0 Å². The molecule has 0 unspecified atom stereocenters. The van der Waals surface area contributed by atoms with Crippen LogP contribution < -0.4 is 14.4 Å². The molecular formula is C27H30N2O6S2. The predicted molar refractivity (Wildman–Crippen MR) is 144 cm³/mol. The van der Waals surface area contributed by atoms with Crippen LogP contribution in [0.1, 0.15) is 46.1 Å². The van der Waals surface area contributed by atoms with Gasteiger partial charge in [0.15, 0.2) is 0 Å². The second-order valence-electron chi connectivity index (χ2n) is 8.68. The molecule has 3 aromatic rings. The van der Waals surface area contributed by atoms with Crippen LogP contribution >= 0.6 is 11.3 Å². The molecule has 0 spiro atoms. The Hall–Kier alpha value is -3.37. The standard InChI is InChI=1S/C27H30N2O6S2/c1-4-35-27(31)25-20-12-8-9-13-23(20)36-26(25)28-24(30)17-29(21-16-18(2)14-15-22(21)34-3)37(32,33)19-10-6-5-7-11-19/h5-7,10-11,14-16H,4,8-9,12-13,17H2,1-3H3,(H,28,30). The van der Waals surface area contributed by atoms with Crippen LogP contribution in [0.4, 0.5) is 10.7 Å². The molecule has 0 bridgehead atoms. The van der Waals surface area contributed by atoms with Crippen LogP contribution in [0.2, 0.25) is 0 Å². The highest BCUT2D eigenvalue weighted by Crippen LogP contribution is 2.39. The average Bonchev–Trinajstić information content (AvgIpc) is 3.25. The van der Waals surface area contributed by atoms with Crippen LogP contribution in [0, 0.1) is 6.92 Å². The lowest BCUT2D eigenvalue weighted by Crippen LogP contribution is -2.38. The highest BCUT2D eigenvalue weighted by molar-refractivity contribution is 7.92. The number of anilines is 2. The van der Waals surface area contributed by atoms with Crippen LogP contribution in [0.3, 0.4) is 0 Å². The first-order valence-electron chi connectivity index (χ1n) is 12.1. The van der Waals surface area contributed by atoms with E-state index in [4.69, 9.17) is 9.47 Å². The molecule has 0 fully saturated rings. The summed E-state index contributed by atoms with van der Waals surface area (Å²) < 4.78 is 39.2. The van der Waals surface area contributed by atoms with Gasteiger partial charge in [-0.3, -0.25) is 9.10 Å². The molecule has 0 aliphatic heterocycles. The van der Waals surface area contributed by atoms with E-state index in [1.807, 2.05) is 6.92 Å². The van der Waals surface area contributed by atoms with Gasteiger partial charge in [0.2, 0.25) is 5.91 Å². The molecule has 0 radical (unpaired) electrons. The van der Waals surface area contributed by atoms with Crippen molar-refractivity contribution in [2.45, 2.75) is 44.4 Å². The zero-order chi connectivity index (χ0) is 26.6. The van der Waals surface area contributed by atoms with Crippen molar-refractivity contribution in [2.75, 3.05) is 29.9 Å². The summed E-state index contributed by atoms with van der Waals surface area (Å²) in [5, 5.41) is 3.21. The number of fused-ring (bicyclic) bond motifs is 1. The van der Waals surface area contributed by atoms with Gasteiger partial charge in [-0.05, 0) is 74.9 Å². The number of nitrogens with zero attached hydrogens (tertiary/aromatic N) is 1. The maximum Gasteiger partial charge on any atom is 0.341 e. The quantitative estimate of drug-likeness (QED) is 0.384. The smallest absolute Gasteiger partial charge is 0.341 e. The van der Waals surface area contributed by atoms with Gasteiger partial charge < -0.3 is 14.8 Å². The molecule has 1 amide bonds. The lowest BCUT2D eigenvalue weighted by atomic mass is 9.95. The van der Waals surface area contributed by atoms with E-state index in [0.29, 0.717) is 16.3 Å². The van der Waals surface area contributed by atoms with Gasteiger partial charge in [0.25, 0.3) is 10.0 Å². The third-order valence-corrected chi connectivity index (χ3v) is 9.11. The van der Waals surface area contributed by atoms with Crippen molar-refractivity contribution in [3.05, 3.63) is 70.1 Å². The second kappa shape index (κ2) is 11.4. The zero-order valence-corrected chi connectivity index (χ0v) is 22.7. The molecule has 37 heavy (non-hydrogen) atoms. The number of ether oxygens (including phenoxy) is 2. The minimum atomic E-state index is -4.12. The molecule has 0 atom stereocenters. The van der Waals surface area contributed by atoms with Gasteiger partial charge >= 0.3 is 5.97 Å². The van der Waals surface area contributed by atoms with Crippen molar-refractivity contribution < 1.29 is 27.5 Å². The topological polar surface area (TPSA) is 102 Å².